The van der Waals surface area contributed by atoms with E-state index in [2.05, 4.69) is 4.90 Å². The fourth-order valence-corrected chi connectivity index (χ4v) is 2.47. The van der Waals surface area contributed by atoms with Crippen molar-refractivity contribution in [1.29, 1.82) is 0 Å². The molecule has 1 aromatic carbocycles. The Balaban J connectivity index is 2.27. The van der Waals surface area contributed by atoms with Crippen LogP contribution in [0.1, 0.15) is 19.3 Å². The Hall–Kier alpha value is -0.930. The van der Waals surface area contributed by atoms with Gasteiger partial charge >= 0.3 is 0 Å². The zero-order valence-electron chi connectivity index (χ0n) is 9.19. The van der Waals surface area contributed by atoms with E-state index in [4.69, 9.17) is 17.3 Å². The van der Waals surface area contributed by atoms with Crippen LogP contribution in [0.15, 0.2) is 18.2 Å². The largest absolute Gasteiger partial charge is 0.397 e. The molecular weight excluding hydrogens is 224 g/mol. The number of hydrogen-bond acceptors (Lipinski definition) is 3. The van der Waals surface area contributed by atoms with E-state index in [1.807, 2.05) is 12.1 Å². The topological polar surface area (TPSA) is 49.5 Å². The number of halogens is 1. The lowest BCUT2D eigenvalue weighted by Crippen LogP contribution is -2.42. The van der Waals surface area contributed by atoms with E-state index in [0.29, 0.717) is 10.7 Å². The quantitative estimate of drug-likeness (QED) is 0.780. The third-order valence-corrected chi connectivity index (χ3v) is 3.37. The van der Waals surface area contributed by atoms with Crippen molar-refractivity contribution in [3.05, 3.63) is 23.2 Å². The van der Waals surface area contributed by atoms with E-state index < -0.39 is 0 Å². The number of aliphatic hydroxyl groups is 1. The average molecular weight is 241 g/mol. The summed E-state index contributed by atoms with van der Waals surface area (Å²) in [7, 11) is 0. The molecule has 4 heteroatoms. The number of hydrogen-bond donors (Lipinski definition) is 2. The Bertz CT molecular complexity index is 370. The molecule has 0 aliphatic carbocycles. The molecule has 0 radical (unpaired) electrons. The maximum atomic E-state index is 9.36. The molecule has 0 amide bonds. The Kier molecular flexibility index (Phi) is 3.56. The minimum Gasteiger partial charge on any atom is -0.397 e. The van der Waals surface area contributed by atoms with Crippen LogP contribution in [0, 0.1) is 0 Å². The number of rotatable bonds is 2. The molecule has 1 heterocycles. The van der Waals surface area contributed by atoms with E-state index >= 15 is 0 Å². The molecular formula is C12H17ClN2O. The number of nitrogen functional groups attached to an aromatic ring is 1. The van der Waals surface area contributed by atoms with Crippen molar-refractivity contribution in [3.8, 4) is 0 Å². The summed E-state index contributed by atoms with van der Waals surface area (Å²) >= 11 is 5.88. The van der Waals surface area contributed by atoms with Gasteiger partial charge < -0.3 is 15.7 Å². The third-order valence-electron chi connectivity index (χ3n) is 3.14. The van der Waals surface area contributed by atoms with E-state index in [-0.39, 0.29) is 12.6 Å². The number of nitrogens with two attached hydrogens (primary N) is 1. The molecule has 1 fully saturated rings. The van der Waals surface area contributed by atoms with Crippen molar-refractivity contribution in [1.82, 2.24) is 0 Å². The highest BCUT2D eigenvalue weighted by Crippen LogP contribution is 2.31. The summed E-state index contributed by atoms with van der Waals surface area (Å²) in [5, 5.41) is 10.0. The molecule has 2 rings (SSSR count). The van der Waals surface area contributed by atoms with Crippen LogP contribution in [0.3, 0.4) is 0 Å². The van der Waals surface area contributed by atoms with Crippen LogP contribution >= 0.6 is 11.6 Å². The minimum atomic E-state index is 0.183. The first-order valence-corrected chi connectivity index (χ1v) is 6.02. The van der Waals surface area contributed by atoms with Gasteiger partial charge in [-0.3, -0.25) is 0 Å². The summed E-state index contributed by atoms with van der Waals surface area (Å²) in [5.74, 6) is 0. The van der Waals surface area contributed by atoms with Crippen molar-refractivity contribution in [2.75, 3.05) is 23.8 Å². The van der Waals surface area contributed by atoms with Crippen LogP contribution in [0.2, 0.25) is 5.02 Å². The lowest BCUT2D eigenvalue weighted by molar-refractivity contribution is 0.240. The van der Waals surface area contributed by atoms with Gasteiger partial charge in [-0.2, -0.15) is 0 Å². The van der Waals surface area contributed by atoms with Gasteiger partial charge in [-0.15, -0.1) is 0 Å². The summed E-state index contributed by atoms with van der Waals surface area (Å²) in [6.45, 7) is 1.14. The molecule has 0 unspecified atom stereocenters. The molecule has 1 atom stereocenters. The Labute approximate surface area is 101 Å². The van der Waals surface area contributed by atoms with E-state index in [0.717, 1.165) is 25.1 Å². The Morgan fingerprint density at radius 1 is 1.44 bits per heavy atom. The molecule has 16 heavy (non-hydrogen) atoms. The van der Waals surface area contributed by atoms with Gasteiger partial charge in [0.05, 0.1) is 24.0 Å². The zero-order chi connectivity index (χ0) is 11.5. The Morgan fingerprint density at radius 3 is 2.94 bits per heavy atom. The van der Waals surface area contributed by atoms with Gasteiger partial charge in [0, 0.05) is 11.6 Å². The van der Waals surface area contributed by atoms with E-state index in [9.17, 15) is 5.11 Å². The van der Waals surface area contributed by atoms with Crippen LogP contribution in [-0.4, -0.2) is 24.3 Å². The predicted octanol–water partition coefficient (Wildman–Crippen LogP) is 2.27. The van der Waals surface area contributed by atoms with Crippen molar-refractivity contribution < 1.29 is 5.11 Å². The highest BCUT2D eigenvalue weighted by atomic mass is 35.5. The van der Waals surface area contributed by atoms with Gasteiger partial charge in [-0.25, -0.2) is 0 Å². The van der Waals surface area contributed by atoms with Crippen molar-refractivity contribution >= 4 is 23.0 Å². The number of piperidine rings is 1. The van der Waals surface area contributed by atoms with Gasteiger partial charge in [0.2, 0.25) is 0 Å². The molecule has 0 saturated carbocycles. The first-order valence-electron chi connectivity index (χ1n) is 5.65. The number of anilines is 2. The van der Waals surface area contributed by atoms with Crippen LogP contribution in [0.5, 0.6) is 0 Å². The van der Waals surface area contributed by atoms with Gasteiger partial charge in [0.15, 0.2) is 0 Å². The van der Waals surface area contributed by atoms with Crippen molar-refractivity contribution in [2.24, 2.45) is 0 Å². The molecule has 1 aliphatic heterocycles. The molecule has 0 bridgehead atoms. The highest BCUT2D eigenvalue weighted by Gasteiger charge is 2.23. The third kappa shape index (κ3) is 2.25. The zero-order valence-corrected chi connectivity index (χ0v) is 9.95. The lowest BCUT2D eigenvalue weighted by atomic mass is 10.0. The standard InChI is InChI=1S/C12H17ClN2O/c13-9-4-5-12(11(14)7-9)15-6-2-1-3-10(15)8-16/h4-5,7,10,16H,1-3,6,8,14H2/t10-/m1/s1. The fourth-order valence-electron chi connectivity index (χ4n) is 2.29. The van der Waals surface area contributed by atoms with Gasteiger partial charge in [-0.05, 0) is 37.5 Å². The first-order chi connectivity index (χ1) is 7.72. The second kappa shape index (κ2) is 4.93. The highest BCUT2D eigenvalue weighted by molar-refractivity contribution is 6.31. The molecule has 88 valence electrons. The molecule has 1 aliphatic rings. The molecule has 0 aromatic heterocycles. The molecule has 0 spiro atoms. The van der Waals surface area contributed by atoms with Crippen LogP contribution in [-0.2, 0) is 0 Å². The second-order valence-electron chi connectivity index (χ2n) is 4.23. The van der Waals surface area contributed by atoms with Gasteiger partial charge in [0.25, 0.3) is 0 Å². The van der Waals surface area contributed by atoms with Crippen LogP contribution in [0.25, 0.3) is 0 Å². The predicted molar refractivity (Wildman–Crippen MR) is 67.9 cm³/mol. The molecule has 3 N–H and O–H groups in total. The summed E-state index contributed by atoms with van der Waals surface area (Å²) in [5.41, 5.74) is 7.64. The fraction of sp³-hybridized carbons (Fsp3) is 0.500. The molecule has 3 nitrogen and oxygen atoms in total. The van der Waals surface area contributed by atoms with Crippen LogP contribution in [0.4, 0.5) is 11.4 Å². The van der Waals surface area contributed by atoms with Crippen LogP contribution < -0.4 is 10.6 Å². The Morgan fingerprint density at radius 2 is 2.25 bits per heavy atom. The second-order valence-corrected chi connectivity index (χ2v) is 4.67. The van der Waals surface area contributed by atoms with E-state index in [1.165, 1.54) is 6.42 Å². The van der Waals surface area contributed by atoms with Gasteiger partial charge in [0.1, 0.15) is 0 Å². The summed E-state index contributed by atoms with van der Waals surface area (Å²) in [6.07, 6.45) is 3.35. The van der Waals surface area contributed by atoms with Gasteiger partial charge in [-0.1, -0.05) is 11.6 Å². The lowest BCUT2D eigenvalue weighted by Gasteiger charge is -2.37. The number of benzene rings is 1. The average Bonchev–Trinajstić information content (AvgIpc) is 2.29. The number of aliphatic hydroxyl groups excluding tert-OH is 1. The molecule has 1 saturated heterocycles. The monoisotopic (exact) mass is 240 g/mol. The smallest absolute Gasteiger partial charge is 0.0635 e. The number of nitrogens with zero attached hydrogens (tertiary/aromatic N) is 1. The summed E-state index contributed by atoms with van der Waals surface area (Å²) in [6, 6.07) is 5.74. The first kappa shape index (κ1) is 11.6. The minimum absolute atomic E-state index is 0.183. The van der Waals surface area contributed by atoms with Crippen molar-refractivity contribution in [3.63, 3.8) is 0 Å². The maximum Gasteiger partial charge on any atom is 0.0635 e. The normalized spacial score (nSPS) is 21.1. The summed E-state index contributed by atoms with van der Waals surface area (Å²) < 4.78 is 0. The molecule has 1 aromatic rings. The van der Waals surface area contributed by atoms with Crippen molar-refractivity contribution in [2.45, 2.75) is 25.3 Å². The van der Waals surface area contributed by atoms with E-state index in [1.54, 1.807) is 6.07 Å². The summed E-state index contributed by atoms with van der Waals surface area (Å²) in [4.78, 5) is 2.19. The maximum absolute atomic E-state index is 9.36. The SMILES string of the molecule is Nc1cc(Cl)ccc1N1CCCC[C@@H]1CO.